The van der Waals surface area contributed by atoms with Crippen molar-refractivity contribution in [1.29, 1.82) is 0 Å². The van der Waals surface area contributed by atoms with Gasteiger partial charge < -0.3 is 10.1 Å². The second-order valence-electron chi connectivity index (χ2n) is 7.47. The Kier molecular flexibility index (Phi) is 6.65. The molecule has 0 aliphatic carbocycles. The second-order valence-corrected chi connectivity index (χ2v) is 7.47. The quantitative estimate of drug-likeness (QED) is 0.611. The number of pyridine rings is 1. The van der Waals surface area contributed by atoms with Gasteiger partial charge >= 0.3 is 0 Å². The van der Waals surface area contributed by atoms with Gasteiger partial charge in [0.15, 0.2) is 0 Å². The highest BCUT2D eigenvalue weighted by Gasteiger charge is 2.11. The zero-order chi connectivity index (χ0) is 20.8. The van der Waals surface area contributed by atoms with E-state index < -0.39 is 0 Å². The highest BCUT2D eigenvalue weighted by atomic mass is 16.5. The third-order valence-electron chi connectivity index (χ3n) is 5.09. The van der Waals surface area contributed by atoms with Gasteiger partial charge in [0, 0.05) is 29.4 Å². The molecule has 29 heavy (non-hydrogen) atoms. The lowest BCUT2D eigenvalue weighted by atomic mass is 10.0. The van der Waals surface area contributed by atoms with Crippen molar-refractivity contribution in [2.45, 2.75) is 40.2 Å². The predicted octanol–water partition coefficient (Wildman–Crippen LogP) is 5.12. The molecular weight excluding hydrogens is 360 g/mol. The normalized spacial score (nSPS) is 11.7. The maximum atomic E-state index is 12.5. The Morgan fingerprint density at radius 2 is 1.72 bits per heavy atom. The van der Waals surface area contributed by atoms with E-state index in [4.69, 9.17) is 4.74 Å². The molecule has 0 radical (unpaired) electrons. The van der Waals surface area contributed by atoms with Crippen LogP contribution in [0.3, 0.4) is 0 Å². The van der Waals surface area contributed by atoms with E-state index >= 15 is 0 Å². The molecule has 0 saturated carbocycles. The molecule has 4 heteroatoms. The van der Waals surface area contributed by atoms with Gasteiger partial charge in [-0.15, -0.1) is 0 Å². The van der Waals surface area contributed by atoms with Crippen LogP contribution in [0.2, 0.25) is 0 Å². The molecule has 0 bridgehead atoms. The average Bonchev–Trinajstić information content (AvgIpc) is 2.72. The number of ether oxygens (including phenoxy) is 1. The molecule has 0 fully saturated rings. The summed E-state index contributed by atoms with van der Waals surface area (Å²) in [6, 6.07) is 19.6. The van der Waals surface area contributed by atoms with E-state index in [-0.39, 0.29) is 11.8 Å². The van der Waals surface area contributed by atoms with Crippen molar-refractivity contribution in [3.63, 3.8) is 0 Å². The van der Waals surface area contributed by atoms with E-state index in [0.29, 0.717) is 18.7 Å². The molecule has 4 nitrogen and oxygen atoms in total. The Morgan fingerprint density at radius 3 is 2.38 bits per heavy atom. The summed E-state index contributed by atoms with van der Waals surface area (Å²) in [6.07, 6.45) is 0. The minimum Gasteiger partial charge on any atom is -0.493 e. The van der Waals surface area contributed by atoms with Crippen LogP contribution in [0.4, 0.5) is 0 Å². The minimum atomic E-state index is -0.0795. The molecular formula is C25H28N2O2. The monoisotopic (exact) mass is 388 g/mol. The van der Waals surface area contributed by atoms with E-state index in [0.717, 1.165) is 33.8 Å². The van der Waals surface area contributed by atoms with Crippen LogP contribution in [0.5, 0.6) is 5.75 Å². The number of aromatic nitrogens is 1. The molecule has 0 saturated heterocycles. The van der Waals surface area contributed by atoms with Gasteiger partial charge in [0.25, 0.3) is 5.91 Å². The smallest absolute Gasteiger partial charge is 0.251 e. The molecule has 150 valence electrons. The Balaban J connectivity index is 1.57. The molecule has 1 amide bonds. The number of carbonyl (C=O) groups excluding carboxylic acids is 1. The van der Waals surface area contributed by atoms with E-state index in [2.05, 4.69) is 24.1 Å². The van der Waals surface area contributed by atoms with Gasteiger partial charge in [0.2, 0.25) is 0 Å². The first-order valence-electron chi connectivity index (χ1n) is 9.93. The number of hydrogen-bond acceptors (Lipinski definition) is 3. The Hall–Kier alpha value is -3.14. The molecule has 1 atom stereocenters. The number of nitrogens with one attached hydrogen (secondary N) is 1. The van der Waals surface area contributed by atoms with Crippen molar-refractivity contribution in [2.75, 3.05) is 6.61 Å². The van der Waals surface area contributed by atoms with Gasteiger partial charge in [0.1, 0.15) is 5.75 Å². The number of nitrogens with zero attached hydrogens (tertiary/aromatic N) is 1. The van der Waals surface area contributed by atoms with Crippen molar-refractivity contribution in [1.82, 2.24) is 10.3 Å². The fraction of sp³-hybridized carbons (Fsp3) is 0.280. The van der Waals surface area contributed by atoms with Crippen LogP contribution in [-0.4, -0.2) is 17.5 Å². The van der Waals surface area contributed by atoms with E-state index in [1.54, 1.807) is 0 Å². The molecule has 1 N–H and O–H groups in total. The van der Waals surface area contributed by atoms with Gasteiger partial charge in [0.05, 0.1) is 6.61 Å². The lowest BCUT2D eigenvalue weighted by Crippen LogP contribution is -2.24. The second kappa shape index (κ2) is 9.37. The van der Waals surface area contributed by atoms with Crippen molar-refractivity contribution in [3.8, 4) is 5.75 Å². The molecule has 3 aromatic rings. The largest absolute Gasteiger partial charge is 0.493 e. The van der Waals surface area contributed by atoms with E-state index in [9.17, 15) is 4.79 Å². The summed E-state index contributed by atoms with van der Waals surface area (Å²) in [4.78, 5) is 17.0. The molecule has 1 heterocycles. The van der Waals surface area contributed by atoms with Crippen LogP contribution in [0, 0.1) is 20.8 Å². The summed E-state index contributed by atoms with van der Waals surface area (Å²) in [5.74, 6) is 1.02. The lowest BCUT2D eigenvalue weighted by molar-refractivity contribution is 0.0951. The van der Waals surface area contributed by atoms with Crippen LogP contribution in [0.15, 0.2) is 60.7 Å². The Labute approximate surface area is 173 Å². The van der Waals surface area contributed by atoms with Crippen LogP contribution in [0.25, 0.3) is 0 Å². The molecule has 1 aromatic heterocycles. The Bertz CT molecular complexity index is 943. The molecule has 0 spiro atoms. The minimum absolute atomic E-state index is 0.0795. The fourth-order valence-corrected chi connectivity index (χ4v) is 3.39. The van der Waals surface area contributed by atoms with Crippen LogP contribution >= 0.6 is 0 Å². The fourth-order valence-electron chi connectivity index (χ4n) is 3.39. The summed E-state index contributed by atoms with van der Waals surface area (Å²) >= 11 is 0. The van der Waals surface area contributed by atoms with Crippen LogP contribution < -0.4 is 10.1 Å². The average molecular weight is 389 g/mol. The van der Waals surface area contributed by atoms with Gasteiger partial charge in [-0.25, -0.2) is 0 Å². The lowest BCUT2D eigenvalue weighted by Gasteiger charge is -2.14. The Morgan fingerprint density at radius 1 is 1.03 bits per heavy atom. The highest BCUT2D eigenvalue weighted by Crippen LogP contribution is 2.19. The summed E-state index contributed by atoms with van der Waals surface area (Å²) in [6.45, 7) is 9.21. The summed E-state index contributed by atoms with van der Waals surface area (Å²) < 4.78 is 5.83. The topological polar surface area (TPSA) is 51.2 Å². The van der Waals surface area contributed by atoms with Gasteiger partial charge in [-0.1, -0.05) is 37.3 Å². The number of hydrogen-bond donors (Lipinski definition) is 1. The van der Waals surface area contributed by atoms with E-state index in [1.807, 2.05) is 74.5 Å². The molecule has 3 rings (SSSR count). The van der Waals surface area contributed by atoms with Gasteiger partial charge in [-0.2, -0.15) is 0 Å². The SMILES string of the molecule is Cc1cc(C)c(CNC(=O)c2ccc(C(C)COc3ccccc3)cc2)c(C)n1. The highest BCUT2D eigenvalue weighted by molar-refractivity contribution is 5.94. The van der Waals surface area contributed by atoms with Crippen LogP contribution in [0.1, 0.15) is 51.3 Å². The molecule has 0 aliphatic heterocycles. The first-order valence-corrected chi connectivity index (χ1v) is 9.93. The number of amides is 1. The summed E-state index contributed by atoms with van der Waals surface area (Å²) in [7, 11) is 0. The summed E-state index contributed by atoms with van der Waals surface area (Å²) in [5, 5.41) is 3.01. The molecule has 2 aromatic carbocycles. The van der Waals surface area contributed by atoms with E-state index in [1.165, 1.54) is 0 Å². The van der Waals surface area contributed by atoms with Gasteiger partial charge in [-0.05, 0) is 67.8 Å². The third kappa shape index (κ3) is 5.44. The first-order chi connectivity index (χ1) is 13.9. The first kappa shape index (κ1) is 20.6. The number of para-hydroxylation sites is 1. The zero-order valence-corrected chi connectivity index (χ0v) is 17.5. The maximum Gasteiger partial charge on any atom is 0.251 e. The predicted molar refractivity (Wildman–Crippen MR) is 116 cm³/mol. The van der Waals surface area contributed by atoms with Crippen LogP contribution in [-0.2, 0) is 6.54 Å². The number of benzene rings is 2. The summed E-state index contributed by atoms with van der Waals surface area (Å²) in [5.41, 5.74) is 5.98. The number of aryl methyl sites for hydroxylation is 3. The number of carbonyl (C=O) groups is 1. The van der Waals surface area contributed by atoms with Crippen molar-refractivity contribution < 1.29 is 9.53 Å². The van der Waals surface area contributed by atoms with Gasteiger partial charge in [-0.3, -0.25) is 9.78 Å². The standard InChI is InChI=1S/C25H28N2O2/c1-17-14-19(3)27-20(4)24(17)15-26-25(28)22-12-10-21(11-13-22)18(2)16-29-23-8-6-5-7-9-23/h5-14,18H,15-16H2,1-4H3,(H,26,28). The van der Waals surface area contributed by atoms with Crippen molar-refractivity contribution in [2.24, 2.45) is 0 Å². The molecule has 0 aliphatic rings. The third-order valence-corrected chi connectivity index (χ3v) is 5.09. The van der Waals surface area contributed by atoms with Crippen molar-refractivity contribution >= 4 is 5.91 Å². The zero-order valence-electron chi connectivity index (χ0n) is 17.5. The molecule has 1 unspecified atom stereocenters. The number of rotatable bonds is 7. The maximum absolute atomic E-state index is 12.5. The van der Waals surface area contributed by atoms with Crippen molar-refractivity contribution in [3.05, 3.63) is 94.3 Å².